The second-order valence-corrected chi connectivity index (χ2v) is 3.08. The summed E-state index contributed by atoms with van der Waals surface area (Å²) in [5.74, 6) is 0. The maximum absolute atomic E-state index is 5.70. The van der Waals surface area contributed by atoms with Crippen molar-refractivity contribution in [2.45, 2.75) is 0 Å². The first-order valence-corrected chi connectivity index (χ1v) is 4.29. The Hall–Kier alpha value is -1.13. The molecule has 0 spiro atoms. The normalized spacial score (nSPS) is 9.00. The quantitative estimate of drug-likeness (QED) is 0.450. The molecule has 0 radical (unpaired) electrons. The maximum Gasteiger partial charge on any atom is 0.191 e. The van der Waals surface area contributed by atoms with Gasteiger partial charge in [0.15, 0.2) is 5.11 Å². The van der Waals surface area contributed by atoms with Gasteiger partial charge in [0.2, 0.25) is 0 Å². The SMILES string of the molecule is C=NNC(=S)Nc1ccc(Cl)cc1. The van der Waals surface area contributed by atoms with Crippen LogP contribution in [0.3, 0.4) is 0 Å². The molecule has 1 rings (SSSR count). The Bertz CT molecular complexity index is 310. The molecule has 5 heteroatoms. The monoisotopic (exact) mass is 213 g/mol. The number of hydrogen-bond acceptors (Lipinski definition) is 2. The predicted octanol–water partition coefficient (Wildman–Crippen LogP) is 2.24. The number of anilines is 1. The van der Waals surface area contributed by atoms with Crippen LogP contribution in [0.1, 0.15) is 0 Å². The van der Waals surface area contributed by atoms with Gasteiger partial charge < -0.3 is 5.32 Å². The molecule has 0 heterocycles. The lowest BCUT2D eigenvalue weighted by atomic mass is 10.3. The van der Waals surface area contributed by atoms with E-state index in [9.17, 15) is 0 Å². The van der Waals surface area contributed by atoms with E-state index >= 15 is 0 Å². The van der Waals surface area contributed by atoms with E-state index in [4.69, 9.17) is 23.8 Å². The summed E-state index contributed by atoms with van der Waals surface area (Å²) in [6.45, 7) is 3.25. The van der Waals surface area contributed by atoms with E-state index in [1.54, 1.807) is 12.1 Å². The van der Waals surface area contributed by atoms with Crippen molar-refractivity contribution >= 4 is 41.3 Å². The summed E-state index contributed by atoms with van der Waals surface area (Å²) >= 11 is 10.6. The van der Waals surface area contributed by atoms with E-state index in [2.05, 4.69) is 22.6 Å². The average Bonchev–Trinajstić information content (AvgIpc) is 2.09. The van der Waals surface area contributed by atoms with E-state index in [0.29, 0.717) is 10.1 Å². The molecule has 0 saturated carbocycles. The topological polar surface area (TPSA) is 36.4 Å². The molecule has 0 saturated heterocycles. The number of nitrogens with one attached hydrogen (secondary N) is 2. The van der Waals surface area contributed by atoms with Crippen LogP contribution in [0.5, 0.6) is 0 Å². The van der Waals surface area contributed by atoms with Crippen LogP contribution in [-0.2, 0) is 0 Å². The minimum absolute atomic E-state index is 0.400. The summed E-state index contributed by atoms with van der Waals surface area (Å²) in [5.41, 5.74) is 3.36. The van der Waals surface area contributed by atoms with Crippen LogP contribution in [0.2, 0.25) is 5.02 Å². The van der Waals surface area contributed by atoms with Crippen LogP contribution >= 0.6 is 23.8 Å². The minimum atomic E-state index is 0.400. The van der Waals surface area contributed by atoms with Crippen molar-refractivity contribution in [3.05, 3.63) is 29.3 Å². The van der Waals surface area contributed by atoms with Crippen molar-refractivity contribution in [1.29, 1.82) is 0 Å². The van der Waals surface area contributed by atoms with Crippen molar-refractivity contribution < 1.29 is 0 Å². The number of rotatable bonds is 2. The third-order valence-corrected chi connectivity index (χ3v) is 1.73. The molecule has 0 unspecified atom stereocenters. The molecule has 68 valence electrons. The third-order valence-electron chi connectivity index (χ3n) is 1.28. The van der Waals surface area contributed by atoms with Gasteiger partial charge in [-0.1, -0.05) is 11.6 Å². The molecule has 0 amide bonds. The number of thiocarbonyl (C=S) groups is 1. The fourth-order valence-electron chi connectivity index (χ4n) is 0.764. The van der Waals surface area contributed by atoms with Gasteiger partial charge in [-0.3, -0.25) is 5.43 Å². The fraction of sp³-hybridized carbons (Fsp3) is 0. The zero-order valence-electron chi connectivity index (χ0n) is 6.75. The number of nitrogens with zero attached hydrogens (tertiary/aromatic N) is 1. The molecule has 0 bridgehead atoms. The van der Waals surface area contributed by atoms with Gasteiger partial charge in [0.25, 0.3) is 0 Å². The maximum atomic E-state index is 5.70. The van der Waals surface area contributed by atoms with Gasteiger partial charge >= 0.3 is 0 Å². The molecule has 0 atom stereocenters. The zero-order valence-corrected chi connectivity index (χ0v) is 8.32. The first-order chi connectivity index (χ1) is 6.22. The number of hydrazone groups is 1. The Morgan fingerprint density at radius 3 is 2.54 bits per heavy atom. The van der Waals surface area contributed by atoms with Gasteiger partial charge in [-0.15, -0.1) is 0 Å². The van der Waals surface area contributed by atoms with Crippen molar-refractivity contribution in [2.75, 3.05) is 5.32 Å². The summed E-state index contributed by atoms with van der Waals surface area (Å²) in [5, 5.41) is 7.40. The lowest BCUT2D eigenvalue weighted by Gasteiger charge is -2.05. The van der Waals surface area contributed by atoms with Crippen LogP contribution in [-0.4, -0.2) is 11.8 Å². The molecule has 1 aromatic rings. The van der Waals surface area contributed by atoms with Crippen molar-refractivity contribution in [3.8, 4) is 0 Å². The first-order valence-electron chi connectivity index (χ1n) is 3.50. The Morgan fingerprint density at radius 2 is 2.00 bits per heavy atom. The molecular formula is C8H8ClN3S. The molecule has 0 aliphatic heterocycles. The van der Waals surface area contributed by atoms with Crippen molar-refractivity contribution in [1.82, 2.24) is 5.43 Å². The van der Waals surface area contributed by atoms with E-state index in [0.717, 1.165) is 5.69 Å². The molecule has 3 nitrogen and oxygen atoms in total. The van der Waals surface area contributed by atoms with Gasteiger partial charge in [0, 0.05) is 17.4 Å². The highest BCUT2D eigenvalue weighted by atomic mass is 35.5. The summed E-state index contributed by atoms with van der Waals surface area (Å²) in [6, 6.07) is 7.18. The standard InChI is InChI=1S/C8H8ClN3S/c1-10-12-8(13)11-7-4-2-6(9)3-5-7/h2-5H,1H2,(H2,11,12,13). The minimum Gasteiger partial charge on any atom is -0.331 e. The largest absolute Gasteiger partial charge is 0.331 e. The van der Waals surface area contributed by atoms with Gasteiger partial charge in [-0.25, -0.2) is 0 Å². The van der Waals surface area contributed by atoms with Crippen LogP contribution in [0.15, 0.2) is 29.4 Å². The van der Waals surface area contributed by atoms with Gasteiger partial charge in [0.05, 0.1) is 0 Å². The highest BCUT2D eigenvalue weighted by Crippen LogP contribution is 2.12. The molecule has 0 aliphatic rings. The molecular weight excluding hydrogens is 206 g/mol. The number of hydrogen-bond donors (Lipinski definition) is 2. The molecule has 0 aliphatic carbocycles. The summed E-state index contributed by atoms with van der Waals surface area (Å²) in [6.07, 6.45) is 0. The van der Waals surface area contributed by atoms with Crippen LogP contribution < -0.4 is 10.7 Å². The molecule has 2 N–H and O–H groups in total. The van der Waals surface area contributed by atoms with Crippen LogP contribution in [0.25, 0.3) is 0 Å². The second-order valence-electron chi connectivity index (χ2n) is 2.23. The molecule has 1 aromatic carbocycles. The van der Waals surface area contributed by atoms with Crippen LogP contribution in [0.4, 0.5) is 5.69 Å². The number of benzene rings is 1. The van der Waals surface area contributed by atoms with Gasteiger partial charge in [0.1, 0.15) is 0 Å². The highest BCUT2D eigenvalue weighted by molar-refractivity contribution is 7.80. The first kappa shape index (κ1) is 9.95. The van der Waals surface area contributed by atoms with E-state index < -0.39 is 0 Å². The van der Waals surface area contributed by atoms with E-state index in [1.807, 2.05) is 12.1 Å². The Labute approximate surface area is 86.8 Å². The Balaban J connectivity index is 2.59. The average molecular weight is 214 g/mol. The molecule has 0 fully saturated rings. The third kappa shape index (κ3) is 3.40. The summed E-state index contributed by atoms with van der Waals surface area (Å²) in [7, 11) is 0. The number of halogens is 1. The van der Waals surface area contributed by atoms with Gasteiger partial charge in [-0.2, -0.15) is 5.10 Å². The van der Waals surface area contributed by atoms with Crippen LogP contribution in [0, 0.1) is 0 Å². The van der Waals surface area contributed by atoms with Crippen molar-refractivity contribution in [2.24, 2.45) is 5.10 Å². The molecule has 13 heavy (non-hydrogen) atoms. The summed E-state index contributed by atoms with van der Waals surface area (Å²) < 4.78 is 0. The van der Waals surface area contributed by atoms with E-state index in [-0.39, 0.29) is 0 Å². The second kappa shape index (κ2) is 4.79. The zero-order chi connectivity index (χ0) is 9.68. The van der Waals surface area contributed by atoms with Gasteiger partial charge in [-0.05, 0) is 36.5 Å². The lowest BCUT2D eigenvalue weighted by molar-refractivity contribution is 1.06. The van der Waals surface area contributed by atoms with Crippen molar-refractivity contribution in [3.63, 3.8) is 0 Å². The smallest absolute Gasteiger partial charge is 0.191 e. The Morgan fingerprint density at radius 1 is 1.38 bits per heavy atom. The summed E-state index contributed by atoms with van der Waals surface area (Å²) in [4.78, 5) is 0. The lowest BCUT2D eigenvalue weighted by Crippen LogP contribution is -2.23. The Kier molecular flexibility index (Phi) is 3.67. The highest BCUT2D eigenvalue weighted by Gasteiger charge is 1.94. The van der Waals surface area contributed by atoms with E-state index in [1.165, 1.54) is 0 Å². The predicted molar refractivity (Wildman–Crippen MR) is 60.4 cm³/mol. The fourth-order valence-corrected chi connectivity index (χ4v) is 1.07. The molecule has 0 aromatic heterocycles.